The summed E-state index contributed by atoms with van der Waals surface area (Å²) in [5.41, 5.74) is 4.97. The van der Waals surface area contributed by atoms with Gasteiger partial charge in [-0.05, 0) is 48.4 Å². The Bertz CT molecular complexity index is 859. The summed E-state index contributed by atoms with van der Waals surface area (Å²) in [5, 5.41) is 2.39. The van der Waals surface area contributed by atoms with Crippen molar-refractivity contribution < 1.29 is 27.5 Å². The van der Waals surface area contributed by atoms with Crippen LogP contribution < -0.4 is 15.8 Å². The van der Waals surface area contributed by atoms with Gasteiger partial charge in [0.2, 0.25) is 5.91 Å². The van der Waals surface area contributed by atoms with Gasteiger partial charge in [-0.3, -0.25) is 9.59 Å². The third-order valence-electron chi connectivity index (χ3n) is 3.50. The van der Waals surface area contributed by atoms with Crippen molar-refractivity contribution in [3.63, 3.8) is 0 Å². The molecule has 3 N–H and O–H groups in total. The molecule has 8 heteroatoms. The van der Waals surface area contributed by atoms with E-state index in [1.165, 1.54) is 31.2 Å². The molecule has 0 bridgehead atoms. The van der Waals surface area contributed by atoms with Crippen molar-refractivity contribution in [3.05, 3.63) is 65.2 Å². The number of carbonyl (C=O) groups excluding carboxylic acids is 2. The second-order valence-electron chi connectivity index (χ2n) is 5.67. The molecule has 5 nitrogen and oxygen atoms in total. The molecular formula is C19H17F3N2O3. The van der Waals surface area contributed by atoms with E-state index < -0.39 is 23.6 Å². The van der Waals surface area contributed by atoms with Gasteiger partial charge in [0, 0.05) is 11.8 Å². The van der Waals surface area contributed by atoms with E-state index in [9.17, 15) is 22.8 Å². The first-order valence-corrected chi connectivity index (χ1v) is 7.83. The Balaban J connectivity index is 2.00. The maximum atomic E-state index is 12.9. The van der Waals surface area contributed by atoms with Gasteiger partial charge in [0.25, 0.3) is 5.91 Å². The Hall–Kier alpha value is -3.29. The number of amides is 2. The SMILES string of the molecule is Cc1ccc(NC(=O)/C=C/c2ccc(OCC(N)=O)cc2)cc1C(F)(F)F. The third kappa shape index (κ3) is 6.18. The zero-order valence-electron chi connectivity index (χ0n) is 14.3. The molecule has 2 aromatic carbocycles. The first-order chi connectivity index (χ1) is 12.6. The molecule has 0 aliphatic rings. The molecule has 0 unspecified atom stereocenters. The summed E-state index contributed by atoms with van der Waals surface area (Å²) in [6.45, 7) is 1.11. The fourth-order valence-electron chi connectivity index (χ4n) is 2.19. The monoisotopic (exact) mass is 378 g/mol. The molecule has 2 aromatic rings. The molecule has 0 aliphatic heterocycles. The van der Waals surface area contributed by atoms with E-state index in [4.69, 9.17) is 10.5 Å². The first kappa shape index (κ1) is 20.0. The molecule has 27 heavy (non-hydrogen) atoms. The fraction of sp³-hybridized carbons (Fsp3) is 0.158. The second-order valence-corrected chi connectivity index (χ2v) is 5.67. The maximum Gasteiger partial charge on any atom is 0.416 e. The fourth-order valence-corrected chi connectivity index (χ4v) is 2.19. The second kappa shape index (κ2) is 8.39. The number of carbonyl (C=O) groups is 2. The Morgan fingerprint density at radius 1 is 1.15 bits per heavy atom. The van der Waals surface area contributed by atoms with Crippen molar-refractivity contribution in [2.24, 2.45) is 5.73 Å². The number of hydrogen-bond acceptors (Lipinski definition) is 3. The summed E-state index contributed by atoms with van der Waals surface area (Å²) >= 11 is 0. The van der Waals surface area contributed by atoms with Crippen LogP contribution in [0, 0.1) is 6.92 Å². The van der Waals surface area contributed by atoms with Crippen LogP contribution in [0.5, 0.6) is 5.75 Å². The Morgan fingerprint density at radius 3 is 2.41 bits per heavy atom. The van der Waals surface area contributed by atoms with Gasteiger partial charge in [0.05, 0.1) is 5.56 Å². The van der Waals surface area contributed by atoms with Crippen molar-refractivity contribution in [1.82, 2.24) is 0 Å². The van der Waals surface area contributed by atoms with Crippen LogP contribution in [0.3, 0.4) is 0 Å². The number of primary amides is 1. The Kier molecular flexibility index (Phi) is 6.23. The standard InChI is InChI=1S/C19H17F3N2O3/c1-12-2-6-14(10-16(12)19(20,21)22)24-18(26)9-5-13-3-7-15(8-4-13)27-11-17(23)25/h2-10H,11H2,1H3,(H2,23,25)(H,24,26)/b9-5+. The Labute approximate surface area is 153 Å². The lowest BCUT2D eigenvalue weighted by Crippen LogP contribution is -2.19. The van der Waals surface area contributed by atoms with E-state index in [0.717, 1.165) is 6.07 Å². The quantitative estimate of drug-likeness (QED) is 0.755. The van der Waals surface area contributed by atoms with Gasteiger partial charge in [-0.25, -0.2) is 0 Å². The zero-order chi connectivity index (χ0) is 20.0. The molecule has 0 saturated heterocycles. The molecule has 2 amide bonds. The number of alkyl halides is 3. The minimum Gasteiger partial charge on any atom is -0.484 e. The van der Waals surface area contributed by atoms with E-state index >= 15 is 0 Å². The highest BCUT2D eigenvalue weighted by Gasteiger charge is 2.32. The summed E-state index contributed by atoms with van der Waals surface area (Å²) in [6, 6.07) is 10.1. The van der Waals surface area contributed by atoms with Gasteiger partial charge in [-0.1, -0.05) is 18.2 Å². The molecule has 0 atom stereocenters. The highest BCUT2D eigenvalue weighted by Crippen LogP contribution is 2.33. The average molecular weight is 378 g/mol. The van der Waals surface area contributed by atoms with E-state index in [1.54, 1.807) is 24.3 Å². The van der Waals surface area contributed by atoms with Crippen LogP contribution in [0.4, 0.5) is 18.9 Å². The summed E-state index contributed by atoms with van der Waals surface area (Å²) in [4.78, 5) is 22.6. The predicted octanol–water partition coefficient (Wildman–Crippen LogP) is 3.53. The van der Waals surface area contributed by atoms with Gasteiger partial charge in [0.1, 0.15) is 5.75 Å². The van der Waals surface area contributed by atoms with Crippen LogP contribution >= 0.6 is 0 Å². The van der Waals surface area contributed by atoms with Crippen LogP contribution in [0.1, 0.15) is 16.7 Å². The number of halogens is 3. The lowest BCUT2D eigenvalue weighted by Gasteiger charge is -2.12. The predicted molar refractivity (Wildman–Crippen MR) is 95.0 cm³/mol. The number of ether oxygens (including phenoxy) is 1. The number of nitrogens with two attached hydrogens (primary N) is 1. The number of aryl methyl sites for hydroxylation is 1. The Morgan fingerprint density at radius 2 is 1.81 bits per heavy atom. The molecule has 0 radical (unpaired) electrons. The topological polar surface area (TPSA) is 81.4 Å². The van der Waals surface area contributed by atoms with Crippen LogP contribution in [-0.2, 0) is 15.8 Å². The van der Waals surface area contributed by atoms with Crippen molar-refractivity contribution in [2.75, 3.05) is 11.9 Å². The summed E-state index contributed by atoms with van der Waals surface area (Å²) in [5.74, 6) is -0.726. The van der Waals surface area contributed by atoms with Gasteiger partial charge in [-0.2, -0.15) is 13.2 Å². The summed E-state index contributed by atoms with van der Waals surface area (Å²) in [7, 11) is 0. The van der Waals surface area contributed by atoms with E-state index in [2.05, 4.69) is 5.32 Å². The van der Waals surface area contributed by atoms with Gasteiger partial charge in [-0.15, -0.1) is 0 Å². The lowest BCUT2D eigenvalue weighted by atomic mass is 10.1. The number of hydrogen-bond donors (Lipinski definition) is 2. The number of anilines is 1. The molecule has 0 fully saturated rings. The first-order valence-electron chi connectivity index (χ1n) is 7.83. The third-order valence-corrected chi connectivity index (χ3v) is 3.50. The molecule has 0 heterocycles. The van der Waals surface area contributed by atoms with Gasteiger partial charge in [0.15, 0.2) is 6.61 Å². The molecule has 0 saturated carbocycles. The largest absolute Gasteiger partial charge is 0.484 e. The molecule has 0 aromatic heterocycles. The molecule has 142 valence electrons. The van der Waals surface area contributed by atoms with Crippen LogP contribution in [0.15, 0.2) is 48.5 Å². The average Bonchev–Trinajstić information content (AvgIpc) is 2.59. The summed E-state index contributed by atoms with van der Waals surface area (Å²) in [6.07, 6.45) is -1.79. The number of nitrogens with one attached hydrogen (secondary N) is 1. The minimum absolute atomic E-state index is 0.0535. The highest BCUT2D eigenvalue weighted by atomic mass is 19.4. The molecular weight excluding hydrogens is 361 g/mol. The van der Waals surface area contributed by atoms with E-state index in [0.29, 0.717) is 11.3 Å². The van der Waals surface area contributed by atoms with Crippen LogP contribution in [0.2, 0.25) is 0 Å². The highest BCUT2D eigenvalue weighted by molar-refractivity contribution is 6.02. The number of rotatable bonds is 6. The van der Waals surface area contributed by atoms with Crippen LogP contribution in [-0.4, -0.2) is 18.4 Å². The summed E-state index contributed by atoms with van der Waals surface area (Å²) < 4.78 is 43.8. The van der Waals surface area contributed by atoms with E-state index in [-0.39, 0.29) is 17.9 Å². The van der Waals surface area contributed by atoms with Gasteiger partial charge >= 0.3 is 6.18 Å². The smallest absolute Gasteiger partial charge is 0.416 e. The maximum absolute atomic E-state index is 12.9. The van der Waals surface area contributed by atoms with Gasteiger partial charge < -0.3 is 15.8 Å². The van der Waals surface area contributed by atoms with Crippen molar-refractivity contribution in [3.8, 4) is 5.75 Å². The minimum atomic E-state index is -4.49. The molecule has 2 rings (SSSR count). The number of benzene rings is 2. The van der Waals surface area contributed by atoms with Crippen molar-refractivity contribution >= 4 is 23.6 Å². The molecule has 0 spiro atoms. The van der Waals surface area contributed by atoms with Crippen molar-refractivity contribution in [1.29, 1.82) is 0 Å². The van der Waals surface area contributed by atoms with E-state index in [1.807, 2.05) is 0 Å². The molecule has 0 aliphatic carbocycles. The normalized spacial score (nSPS) is 11.4. The van der Waals surface area contributed by atoms with Crippen LogP contribution in [0.25, 0.3) is 6.08 Å². The zero-order valence-corrected chi connectivity index (χ0v) is 14.3. The van der Waals surface area contributed by atoms with Crippen molar-refractivity contribution in [2.45, 2.75) is 13.1 Å². The lowest BCUT2D eigenvalue weighted by molar-refractivity contribution is -0.138.